The highest BCUT2D eigenvalue weighted by Gasteiger charge is 2.14. The van der Waals surface area contributed by atoms with Crippen molar-refractivity contribution in [2.24, 2.45) is 11.7 Å². The third kappa shape index (κ3) is 2.52. The fourth-order valence-electron chi connectivity index (χ4n) is 2.21. The van der Waals surface area contributed by atoms with Gasteiger partial charge in [-0.15, -0.1) is 0 Å². The smallest absolute Gasteiger partial charge is 0.110 e. The molecule has 2 N–H and O–H groups in total. The summed E-state index contributed by atoms with van der Waals surface area (Å²) < 4.78 is 2.24. The number of benzene rings is 1. The van der Waals surface area contributed by atoms with E-state index in [1.165, 1.54) is 0 Å². The normalized spacial score (nSPS) is 13.1. The van der Waals surface area contributed by atoms with E-state index < -0.39 is 0 Å². The molecule has 1 unspecified atom stereocenters. The number of hydrogen-bond acceptors (Lipinski definition) is 2. The fourth-order valence-corrected chi connectivity index (χ4v) is 2.48. The molecule has 1 aromatic carbocycles. The van der Waals surface area contributed by atoms with E-state index in [9.17, 15) is 0 Å². The molecule has 0 bridgehead atoms. The first-order chi connectivity index (χ1) is 8.67. The quantitative estimate of drug-likeness (QED) is 0.902. The summed E-state index contributed by atoms with van der Waals surface area (Å²) in [6.07, 6.45) is 1.97. The Morgan fingerprint density at radius 1 is 1.44 bits per heavy atom. The lowest BCUT2D eigenvalue weighted by molar-refractivity contribution is 0.544. The van der Waals surface area contributed by atoms with E-state index in [1.54, 1.807) is 0 Å². The molecule has 0 aliphatic carbocycles. The van der Waals surface area contributed by atoms with Gasteiger partial charge in [0.25, 0.3) is 0 Å². The second-order valence-corrected chi connectivity index (χ2v) is 5.24. The van der Waals surface area contributed by atoms with Gasteiger partial charge in [-0.3, -0.25) is 0 Å². The number of fused-ring (bicyclic) bond motifs is 1. The highest BCUT2D eigenvalue weighted by Crippen LogP contribution is 2.25. The molecular formula is C14H20ClN3. The van der Waals surface area contributed by atoms with E-state index in [-0.39, 0.29) is 0 Å². The molecule has 0 fully saturated rings. The molecule has 2 aromatic rings. The van der Waals surface area contributed by atoms with Crippen LogP contribution in [0.25, 0.3) is 11.0 Å². The molecule has 0 aliphatic heterocycles. The summed E-state index contributed by atoms with van der Waals surface area (Å²) in [6.45, 7) is 5.95. The third-order valence-electron chi connectivity index (χ3n) is 3.18. The molecule has 98 valence electrons. The van der Waals surface area contributed by atoms with E-state index in [0.29, 0.717) is 12.5 Å². The highest BCUT2D eigenvalue weighted by atomic mass is 35.5. The van der Waals surface area contributed by atoms with Gasteiger partial charge in [-0.1, -0.05) is 31.5 Å². The van der Waals surface area contributed by atoms with Gasteiger partial charge in [-0.2, -0.15) is 0 Å². The first-order valence-corrected chi connectivity index (χ1v) is 6.88. The van der Waals surface area contributed by atoms with Gasteiger partial charge in [-0.25, -0.2) is 4.98 Å². The molecule has 1 heterocycles. The Morgan fingerprint density at radius 3 is 2.89 bits per heavy atom. The van der Waals surface area contributed by atoms with Crippen LogP contribution in [0.5, 0.6) is 0 Å². The maximum Gasteiger partial charge on any atom is 0.110 e. The van der Waals surface area contributed by atoms with Crippen molar-refractivity contribution in [3.8, 4) is 0 Å². The van der Waals surface area contributed by atoms with Crippen LogP contribution < -0.4 is 5.73 Å². The van der Waals surface area contributed by atoms with Gasteiger partial charge >= 0.3 is 0 Å². The monoisotopic (exact) mass is 265 g/mol. The van der Waals surface area contributed by atoms with Gasteiger partial charge in [0.1, 0.15) is 5.82 Å². The van der Waals surface area contributed by atoms with Crippen molar-refractivity contribution >= 4 is 22.6 Å². The van der Waals surface area contributed by atoms with E-state index in [1.807, 2.05) is 18.2 Å². The number of para-hydroxylation sites is 1. The Kier molecular flexibility index (Phi) is 4.25. The summed E-state index contributed by atoms with van der Waals surface area (Å²) in [5, 5.41) is 0.778. The molecule has 1 aromatic heterocycles. The van der Waals surface area contributed by atoms with Gasteiger partial charge in [0.15, 0.2) is 0 Å². The molecule has 3 nitrogen and oxygen atoms in total. The standard InChI is InChI=1S/C14H20ClN3/c1-3-7-18-13(8-10(2)9-16)17-12-6-4-5-11(15)14(12)18/h4-6,10H,3,7-9,16H2,1-2H3. The maximum atomic E-state index is 6.30. The topological polar surface area (TPSA) is 43.8 Å². The van der Waals surface area contributed by atoms with Crippen LogP contribution in [-0.2, 0) is 13.0 Å². The van der Waals surface area contributed by atoms with Crippen molar-refractivity contribution in [1.82, 2.24) is 9.55 Å². The van der Waals surface area contributed by atoms with Gasteiger partial charge in [0.2, 0.25) is 0 Å². The molecule has 0 saturated carbocycles. The summed E-state index contributed by atoms with van der Waals surface area (Å²) in [6, 6.07) is 5.89. The van der Waals surface area contributed by atoms with E-state index in [2.05, 4.69) is 18.4 Å². The second kappa shape index (κ2) is 5.72. The number of nitrogens with zero attached hydrogens (tertiary/aromatic N) is 2. The number of imidazole rings is 1. The molecule has 0 amide bonds. The van der Waals surface area contributed by atoms with Crippen molar-refractivity contribution < 1.29 is 0 Å². The summed E-state index contributed by atoms with van der Waals surface area (Å²) in [4.78, 5) is 4.70. The average Bonchev–Trinajstić information content (AvgIpc) is 2.69. The lowest BCUT2D eigenvalue weighted by Crippen LogP contribution is -2.16. The summed E-state index contributed by atoms with van der Waals surface area (Å²) in [5.41, 5.74) is 7.74. The Morgan fingerprint density at radius 2 is 2.22 bits per heavy atom. The summed E-state index contributed by atoms with van der Waals surface area (Å²) >= 11 is 6.30. The number of halogens is 1. The summed E-state index contributed by atoms with van der Waals surface area (Å²) in [5.74, 6) is 1.54. The molecule has 1 atom stereocenters. The number of rotatable bonds is 5. The van der Waals surface area contributed by atoms with Gasteiger partial charge < -0.3 is 10.3 Å². The minimum atomic E-state index is 0.441. The van der Waals surface area contributed by atoms with Crippen LogP contribution in [0.2, 0.25) is 5.02 Å². The SMILES string of the molecule is CCCn1c(CC(C)CN)nc2cccc(Cl)c21. The maximum absolute atomic E-state index is 6.30. The Balaban J connectivity index is 2.51. The number of aryl methyl sites for hydroxylation is 1. The Hall–Kier alpha value is -1.06. The first kappa shape index (κ1) is 13.4. The van der Waals surface area contributed by atoms with Gasteiger partial charge in [-0.05, 0) is 31.0 Å². The zero-order chi connectivity index (χ0) is 13.1. The van der Waals surface area contributed by atoms with E-state index >= 15 is 0 Å². The van der Waals surface area contributed by atoms with E-state index in [0.717, 1.165) is 41.3 Å². The summed E-state index contributed by atoms with van der Waals surface area (Å²) in [7, 11) is 0. The number of nitrogens with two attached hydrogens (primary N) is 1. The van der Waals surface area contributed by atoms with Crippen LogP contribution in [0.1, 0.15) is 26.1 Å². The highest BCUT2D eigenvalue weighted by molar-refractivity contribution is 6.35. The zero-order valence-corrected chi connectivity index (χ0v) is 11.7. The van der Waals surface area contributed by atoms with Crippen LogP contribution in [0.15, 0.2) is 18.2 Å². The minimum Gasteiger partial charge on any atom is -0.330 e. The minimum absolute atomic E-state index is 0.441. The molecule has 0 spiro atoms. The molecule has 0 radical (unpaired) electrons. The van der Waals surface area contributed by atoms with Crippen LogP contribution >= 0.6 is 11.6 Å². The molecule has 2 rings (SSSR count). The van der Waals surface area contributed by atoms with Crippen molar-refractivity contribution in [3.05, 3.63) is 29.0 Å². The number of hydrogen-bond donors (Lipinski definition) is 1. The number of aromatic nitrogens is 2. The molecular weight excluding hydrogens is 246 g/mol. The lowest BCUT2D eigenvalue weighted by atomic mass is 10.1. The molecule has 4 heteroatoms. The molecule has 0 aliphatic rings. The Labute approximate surface area is 113 Å². The zero-order valence-electron chi connectivity index (χ0n) is 11.0. The van der Waals surface area contributed by atoms with Crippen molar-refractivity contribution in [2.45, 2.75) is 33.2 Å². The lowest BCUT2D eigenvalue weighted by Gasteiger charge is -2.11. The van der Waals surface area contributed by atoms with Crippen LogP contribution in [-0.4, -0.2) is 16.1 Å². The predicted molar refractivity (Wildman–Crippen MR) is 77.0 cm³/mol. The predicted octanol–water partition coefficient (Wildman–Crippen LogP) is 3.24. The largest absolute Gasteiger partial charge is 0.330 e. The van der Waals surface area contributed by atoms with Gasteiger partial charge in [0, 0.05) is 13.0 Å². The Bertz CT molecular complexity index is 533. The average molecular weight is 266 g/mol. The second-order valence-electron chi connectivity index (χ2n) is 4.83. The first-order valence-electron chi connectivity index (χ1n) is 6.51. The van der Waals surface area contributed by atoms with Crippen molar-refractivity contribution in [2.75, 3.05) is 6.54 Å². The fraction of sp³-hybridized carbons (Fsp3) is 0.500. The van der Waals surface area contributed by atoms with Gasteiger partial charge in [0.05, 0.1) is 16.1 Å². The van der Waals surface area contributed by atoms with E-state index in [4.69, 9.17) is 22.3 Å². The third-order valence-corrected chi connectivity index (χ3v) is 3.48. The van der Waals surface area contributed by atoms with Crippen LogP contribution in [0.4, 0.5) is 0 Å². The van der Waals surface area contributed by atoms with Crippen molar-refractivity contribution in [3.63, 3.8) is 0 Å². The van der Waals surface area contributed by atoms with Crippen molar-refractivity contribution in [1.29, 1.82) is 0 Å². The van der Waals surface area contributed by atoms with Crippen LogP contribution in [0.3, 0.4) is 0 Å². The molecule has 0 saturated heterocycles. The molecule has 18 heavy (non-hydrogen) atoms. The van der Waals surface area contributed by atoms with Crippen LogP contribution in [0, 0.1) is 5.92 Å².